The molecular formula is C13H11ClF2N4O4S. The van der Waals surface area contributed by atoms with Gasteiger partial charge < -0.3 is 5.73 Å². The summed E-state index contributed by atoms with van der Waals surface area (Å²) in [5, 5.41) is 8.89. The van der Waals surface area contributed by atoms with Crippen LogP contribution < -0.4 is 5.73 Å². The summed E-state index contributed by atoms with van der Waals surface area (Å²) < 4.78 is 52.4. The molecular weight excluding hydrogens is 382 g/mol. The predicted molar refractivity (Wildman–Crippen MR) is 83.8 cm³/mol. The van der Waals surface area contributed by atoms with Crippen molar-refractivity contribution in [2.75, 3.05) is 6.54 Å². The van der Waals surface area contributed by atoms with E-state index in [4.69, 9.17) is 17.3 Å². The Kier molecular flexibility index (Phi) is 5.30. The van der Waals surface area contributed by atoms with E-state index in [1.54, 1.807) is 0 Å². The molecule has 0 saturated carbocycles. The largest absolute Gasteiger partial charge is 0.329 e. The second-order valence-corrected chi connectivity index (χ2v) is 7.35. The Labute approximate surface area is 145 Å². The van der Waals surface area contributed by atoms with Gasteiger partial charge in [-0.25, -0.2) is 27.2 Å². The first-order chi connectivity index (χ1) is 11.6. The predicted octanol–water partition coefficient (Wildman–Crippen LogP) is 2.10. The average molecular weight is 393 g/mol. The average Bonchev–Trinajstić information content (AvgIpc) is 2.45. The first-order valence-electron chi connectivity index (χ1n) is 6.67. The third-order valence-electron chi connectivity index (χ3n) is 3.26. The number of nitrogens with two attached hydrogens (primary N) is 1. The molecule has 0 aliphatic carbocycles. The summed E-state index contributed by atoms with van der Waals surface area (Å²) in [6, 6.07) is 1.84. The number of aromatic nitrogens is 2. The molecule has 0 bridgehead atoms. The van der Waals surface area contributed by atoms with Gasteiger partial charge in [0.1, 0.15) is 33.3 Å². The number of hydrogen-bond donors (Lipinski definition) is 1. The maximum absolute atomic E-state index is 13.9. The Morgan fingerprint density at radius 1 is 1.36 bits per heavy atom. The van der Waals surface area contributed by atoms with Gasteiger partial charge >= 0.3 is 5.69 Å². The SMILES string of the molecule is Cc1nc(Cl)c([N+](=O)[O-])c(C(CN)S(=O)(=O)c2ccc(F)cc2F)n1. The number of rotatable bonds is 5. The highest BCUT2D eigenvalue weighted by Crippen LogP contribution is 2.36. The van der Waals surface area contributed by atoms with Crippen molar-refractivity contribution in [1.82, 2.24) is 9.97 Å². The van der Waals surface area contributed by atoms with Crippen LogP contribution in [0.25, 0.3) is 0 Å². The summed E-state index contributed by atoms with van der Waals surface area (Å²) in [5.74, 6) is -2.36. The molecule has 25 heavy (non-hydrogen) atoms. The Hall–Kier alpha value is -2.24. The van der Waals surface area contributed by atoms with Crippen molar-refractivity contribution in [2.24, 2.45) is 5.73 Å². The van der Waals surface area contributed by atoms with Crippen LogP contribution in [0.1, 0.15) is 16.8 Å². The van der Waals surface area contributed by atoms with Gasteiger partial charge in [0.2, 0.25) is 5.15 Å². The second kappa shape index (κ2) is 6.94. The maximum Gasteiger partial charge on any atom is 0.329 e. The van der Waals surface area contributed by atoms with E-state index in [-0.39, 0.29) is 5.82 Å². The van der Waals surface area contributed by atoms with Crippen LogP contribution in [0, 0.1) is 28.7 Å². The summed E-state index contributed by atoms with van der Waals surface area (Å²) >= 11 is 5.73. The molecule has 0 aliphatic heterocycles. The van der Waals surface area contributed by atoms with E-state index in [2.05, 4.69) is 9.97 Å². The number of hydrogen-bond acceptors (Lipinski definition) is 7. The highest BCUT2D eigenvalue weighted by Gasteiger charge is 2.38. The van der Waals surface area contributed by atoms with Crippen LogP contribution >= 0.6 is 11.6 Å². The third-order valence-corrected chi connectivity index (χ3v) is 5.63. The Bertz CT molecular complexity index is 955. The molecule has 1 unspecified atom stereocenters. The molecule has 0 spiro atoms. The molecule has 8 nitrogen and oxygen atoms in total. The Balaban J connectivity index is 2.74. The first-order valence-corrected chi connectivity index (χ1v) is 8.59. The number of nitro groups is 1. The molecule has 1 atom stereocenters. The standard InChI is InChI=1S/C13H11ClF2N4O4S/c1-6-18-11(12(20(21)22)13(14)19-6)10(5-17)25(23,24)9-3-2-7(15)4-8(9)16/h2-4,10H,5,17H2,1H3. The van der Waals surface area contributed by atoms with E-state index in [9.17, 15) is 27.3 Å². The summed E-state index contributed by atoms with van der Waals surface area (Å²) in [5.41, 5.74) is 4.08. The fourth-order valence-electron chi connectivity index (χ4n) is 2.19. The van der Waals surface area contributed by atoms with Crippen molar-refractivity contribution < 1.29 is 22.1 Å². The molecule has 0 saturated heterocycles. The minimum absolute atomic E-state index is 0.0289. The summed E-state index contributed by atoms with van der Waals surface area (Å²) in [4.78, 5) is 16.8. The van der Waals surface area contributed by atoms with Gasteiger partial charge in [-0.2, -0.15) is 0 Å². The van der Waals surface area contributed by atoms with Gasteiger partial charge in [-0.15, -0.1) is 0 Å². The molecule has 1 aromatic carbocycles. The van der Waals surface area contributed by atoms with Gasteiger partial charge in [0.15, 0.2) is 9.84 Å². The van der Waals surface area contributed by atoms with Crippen molar-refractivity contribution in [2.45, 2.75) is 17.1 Å². The zero-order valence-corrected chi connectivity index (χ0v) is 14.2. The number of nitrogens with zero attached hydrogens (tertiary/aromatic N) is 3. The van der Waals surface area contributed by atoms with Crippen LogP contribution in [0.3, 0.4) is 0 Å². The topological polar surface area (TPSA) is 129 Å². The summed E-state index contributed by atoms with van der Waals surface area (Å²) in [7, 11) is -4.56. The van der Waals surface area contributed by atoms with Crippen LogP contribution in [-0.2, 0) is 9.84 Å². The lowest BCUT2D eigenvalue weighted by Crippen LogP contribution is -2.25. The third kappa shape index (κ3) is 3.57. The summed E-state index contributed by atoms with van der Waals surface area (Å²) in [6.45, 7) is 0.699. The van der Waals surface area contributed by atoms with E-state index in [0.717, 1.165) is 6.07 Å². The van der Waals surface area contributed by atoms with Gasteiger partial charge in [0.05, 0.1) is 4.92 Å². The molecule has 1 aromatic heterocycles. The van der Waals surface area contributed by atoms with Gasteiger partial charge in [0.25, 0.3) is 0 Å². The molecule has 0 amide bonds. The molecule has 2 N–H and O–H groups in total. The molecule has 0 fully saturated rings. The lowest BCUT2D eigenvalue weighted by molar-refractivity contribution is -0.386. The molecule has 2 rings (SSSR count). The highest BCUT2D eigenvalue weighted by atomic mass is 35.5. The first kappa shape index (κ1) is 19.1. The number of sulfone groups is 1. The van der Waals surface area contributed by atoms with Gasteiger partial charge in [0, 0.05) is 12.6 Å². The van der Waals surface area contributed by atoms with Gasteiger partial charge in [-0.1, -0.05) is 11.6 Å². The molecule has 12 heteroatoms. The van der Waals surface area contributed by atoms with Crippen LogP contribution in [0.4, 0.5) is 14.5 Å². The Morgan fingerprint density at radius 2 is 2.00 bits per heavy atom. The zero-order chi connectivity index (χ0) is 18.9. The maximum atomic E-state index is 13.9. The van der Waals surface area contributed by atoms with E-state index in [1.807, 2.05) is 0 Å². The smallest absolute Gasteiger partial charge is 0.329 e. The molecule has 134 valence electrons. The minimum Gasteiger partial charge on any atom is -0.329 e. The lowest BCUT2D eigenvalue weighted by Gasteiger charge is -2.16. The van der Waals surface area contributed by atoms with Crippen molar-refractivity contribution in [1.29, 1.82) is 0 Å². The van der Waals surface area contributed by atoms with E-state index in [1.165, 1.54) is 6.92 Å². The van der Waals surface area contributed by atoms with Crippen molar-refractivity contribution in [3.8, 4) is 0 Å². The monoisotopic (exact) mass is 392 g/mol. The molecule has 2 aromatic rings. The second-order valence-electron chi connectivity index (χ2n) is 4.90. The minimum atomic E-state index is -4.56. The van der Waals surface area contributed by atoms with Crippen molar-refractivity contribution in [3.05, 3.63) is 56.6 Å². The fourth-order valence-corrected chi connectivity index (χ4v) is 4.09. The van der Waals surface area contributed by atoms with E-state index >= 15 is 0 Å². The highest BCUT2D eigenvalue weighted by molar-refractivity contribution is 7.91. The number of halogens is 3. The lowest BCUT2D eigenvalue weighted by atomic mass is 10.2. The van der Waals surface area contributed by atoms with Crippen LogP contribution in [-0.4, -0.2) is 29.9 Å². The van der Waals surface area contributed by atoms with Gasteiger partial charge in [-0.3, -0.25) is 10.1 Å². The molecule has 1 heterocycles. The van der Waals surface area contributed by atoms with Crippen molar-refractivity contribution in [3.63, 3.8) is 0 Å². The van der Waals surface area contributed by atoms with Crippen LogP contribution in [0.5, 0.6) is 0 Å². The molecule has 0 aliphatic rings. The van der Waals surface area contributed by atoms with Gasteiger partial charge in [-0.05, 0) is 19.1 Å². The fraction of sp³-hybridized carbons (Fsp3) is 0.231. The summed E-state index contributed by atoms with van der Waals surface area (Å²) in [6.07, 6.45) is 0. The van der Waals surface area contributed by atoms with Crippen molar-refractivity contribution >= 4 is 27.1 Å². The van der Waals surface area contributed by atoms with E-state index < -0.39 is 59.6 Å². The zero-order valence-electron chi connectivity index (χ0n) is 12.6. The van der Waals surface area contributed by atoms with Crippen LogP contribution in [0.2, 0.25) is 5.15 Å². The number of benzene rings is 1. The normalized spacial score (nSPS) is 12.8. The Morgan fingerprint density at radius 3 is 2.52 bits per heavy atom. The number of aryl methyl sites for hydroxylation is 1. The quantitative estimate of drug-likeness (QED) is 0.357. The molecule has 0 radical (unpaired) electrons. The van der Waals surface area contributed by atoms with E-state index in [0.29, 0.717) is 12.1 Å². The van der Waals surface area contributed by atoms with Crippen LogP contribution in [0.15, 0.2) is 23.1 Å².